The maximum absolute atomic E-state index is 10.2. The van der Waals surface area contributed by atoms with Crippen LogP contribution in [0, 0.1) is 0 Å². The number of amides is 1. The third-order valence-electron chi connectivity index (χ3n) is 3.01. The number of aromatic nitrogens is 1. The van der Waals surface area contributed by atoms with Crippen molar-refractivity contribution >= 4 is 17.0 Å². The minimum absolute atomic E-state index is 0.312. The van der Waals surface area contributed by atoms with Crippen LogP contribution < -0.4 is 5.73 Å². The molecule has 0 fully saturated rings. The van der Waals surface area contributed by atoms with Crippen molar-refractivity contribution in [3.63, 3.8) is 0 Å². The van der Waals surface area contributed by atoms with Crippen molar-refractivity contribution in [2.24, 2.45) is 5.73 Å². The predicted molar refractivity (Wildman–Crippen MR) is 85.6 cm³/mol. The minimum Gasteiger partial charge on any atom is -0.508 e. The second kappa shape index (κ2) is 7.73. The van der Waals surface area contributed by atoms with Gasteiger partial charge in [-0.05, 0) is 29.8 Å². The Balaban J connectivity index is 0.000000162. The van der Waals surface area contributed by atoms with Gasteiger partial charge in [0.1, 0.15) is 5.75 Å². The van der Waals surface area contributed by atoms with Crippen LogP contribution in [0.15, 0.2) is 60.8 Å². The number of fused-ring (bicyclic) bond motifs is 1. The van der Waals surface area contributed by atoms with Crippen molar-refractivity contribution < 1.29 is 14.6 Å². The molecule has 0 atom stereocenters. The Hall–Kier alpha value is -2.95. The van der Waals surface area contributed by atoms with Gasteiger partial charge in [0, 0.05) is 23.5 Å². The highest BCUT2D eigenvalue weighted by molar-refractivity contribution is 5.80. The second-order valence-electron chi connectivity index (χ2n) is 4.65. The molecule has 1 aromatic heterocycles. The van der Waals surface area contributed by atoms with Gasteiger partial charge in [-0.3, -0.25) is 0 Å². The first-order valence-electron chi connectivity index (χ1n) is 6.87. The van der Waals surface area contributed by atoms with E-state index >= 15 is 0 Å². The lowest BCUT2D eigenvalue weighted by Crippen LogP contribution is -2.14. The molecule has 0 bridgehead atoms. The molecule has 0 saturated carbocycles. The Bertz CT molecular complexity index is 723. The van der Waals surface area contributed by atoms with E-state index in [0.717, 1.165) is 16.5 Å². The fourth-order valence-electron chi connectivity index (χ4n) is 1.95. The fourth-order valence-corrected chi connectivity index (χ4v) is 1.95. The smallest absolute Gasteiger partial charge is 0.404 e. The van der Waals surface area contributed by atoms with Crippen LogP contribution in [0.5, 0.6) is 5.75 Å². The van der Waals surface area contributed by atoms with Crippen molar-refractivity contribution in [2.45, 2.75) is 6.42 Å². The first-order chi connectivity index (χ1) is 10.6. The summed E-state index contributed by atoms with van der Waals surface area (Å²) in [5.41, 5.74) is 6.99. The number of primary amides is 1. The van der Waals surface area contributed by atoms with E-state index < -0.39 is 6.09 Å². The van der Waals surface area contributed by atoms with Crippen molar-refractivity contribution in [3.05, 3.63) is 66.4 Å². The van der Waals surface area contributed by atoms with Gasteiger partial charge >= 0.3 is 6.09 Å². The van der Waals surface area contributed by atoms with Gasteiger partial charge in [0.2, 0.25) is 0 Å². The quantitative estimate of drug-likeness (QED) is 0.693. The third kappa shape index (κ3) is 4.86. The molecular weight excluding hydrogens is 280 g/mol. The zero-order valence-corrected chi connectivity index (χ0v) is 12.0. The van der Waals surface area contributed by atoms with E-state index in [9.17, 15) is 4.79 Å². The zero-order valence-electron chi connectivity index (χ0n) is 12.0. The summed E-state index contributed by atoms with van der Waals surface area (Å²) in [5, 5.41) is 10.1. The number of phenols is 1. The lowest BCUT2D eigenvalue weighted by Gasteiger charge is -2.00. The maximum atomic E-state index is 10.2. The van der Waals surface area contributed by atoms with Crippen LogP contribution >= 0.6 is 0 Å². The molecule has 0 spiro atoms. The molecule has 0 aliphatic rings. The van der Waals surface area contributed by atoms with E-state index in [4.69, 9.17) is 10.8 Å². The highest BCUT2D eigenvalue weighted by Crippen LogP contribution is 2.17. The summed E-state index contributed by atoms with van der Waals surface area (Å²) < 4.78 is 4.58. The summed E-state index contributed by atoms with van der Waals surface area (Å²) in [6.45, 7) is 0.347. The number of nitrogens with two attached hydrogens (primary N) is 1. The number of carbonyl (C=O) groups is 1. The van der Waals surface area contributed by atoms with Crippen molar-refractivity contribution in [2.75, 3.05) is 6.61 Å². The average molecular weight is 298 g/mol. The maximum Gasteiger partial charge on any atom is 0.404 e. The van der Waals surface area contributed by atoms with Gasteiger partial charge in [0.05, 0.1) is 6.61 Å². The van der Waals surface area contributed by atoms with Crippen molar-refractivity contribution in [1.82, 2.24) is 4.98 Å². The van der Waals surface area contributed by atoms with Gasteiger partial charge in [0.15, 0.2) is 0 Å². The monoisotopic (exact) mass is 298 g/mol. The van der Waals surface area contributed by atoms with E-state index in [1.165, 1.54) is 0 Å². The molecule has 2 aromatic carbocycles. The molecule has 5 nitrogen and oxygen atoms in total. The van der Waals surface area contributed by atoms with Crippen LogP contribution in [0.25, 0.3) is 10.9 Å². The highest BCUT2D eigenvalue weighted by atomic mass is 16.5. The summed E-state index contributed by atoms with van der Waals surface area (Å²) in [5.74, 6) is 0.312. The third-order valence-corrected chi connectivity index (χ3v) is 3.01. The van der Waals surface area contributed by atoms with Gasteiger partial charge in [-0.25, -0.2) is 4.79 Å². The molecule has 1 amide bonds. The van der Waals surface area contributed by atoms with Crippen molar-refractivity contribution in [1.29, 1.82) is 0 Å². The Morgan fingerprint density at radius 2 is 1.91 bits per heavy atom. The molecule has 22 heavy (non-hydrogen) atoms. The molecule has 0 saturated heterocycles. The molecule has 3 aromatic rings. The van der Waals surface area contributed by atoms with E-state index in [0.29, 0.717) is 18.8 Å². The van der Waals surface area contributed by atoms with Crippen LogP contribution in [0.3, 0.4) is 0 Å². The number of aromatic hydroxyl groups is 1. The fraction of sp³-hybridized carbons (Fsp3) is 0.118. The number of rotatable bonds is 3. The predicted octanol–water partition coefficient (Wildman–Crippen LogP) is 3.20. The molecule has 0 radical (unpaired) electrons. The molecule has 3 rings (SSSR count). The topological polar surface area (TPSA) is 88.3 Å². The Kier molecular flexibility index (Phi) is 5.43. The number of phenolic OH excluding ortho intramolecular Hbond substituents is 1. The Morgan fingerprint density at radius 1 is 1.14 bits per heavy atom. The average Bonchev–Trinajstić information content (AvgIpc) is 2.96. The van der Waals surface area contributed by atoms with Crippen LogP contribution in [-0.4, -0.2) is 22.8 Å². The number of aromatic amines is 1. The van der Waals surface area contributed by atoms with Gasteiger partial charge in [-0.1, -0.05) is 30.3 Å². The van der Waals surface area contributed by atoms with Crippen LogP contribution in [0.2, 0.25) is 0 Å². The zero-order chi connectivity index (χ0) is 15.8. The van der Waals surface area contributed by atoms with Crippen LogP contribution in [0.4, 0.5) is 4.79 Å². The first kappa shape index (κ1) is 15.4. The number of hydrogen-bond donors (Lipinski definition) is 3. The normalized spacial score (nSPS) is 9.82. The summed E-state index contributed by atoms with van der Waals surface area (Å²) in [6.07, 6.45) is 1.85. The number of ether oxygens (including phenoxy) is 1. The standard InChI is InChI=1S/C9H11NO2.C8H7NO/c10-9(11)12-7-6-8-4-2-1-3-5-8;10-7-1-2-8-6(5-7)3-4-9-8/h1-5H,6-7H2,(H2,10,11);1-5,9-10H. The molecule has 1 heterocycles. The number of hydrogen-bond acceptors (Lipinski definition) is 3. The largest absolute Gasteiger partial charge is 0.508 e. The lowest BCUT2D eigenvalue weighted by molar-refractivity contribution is 0.158. The van der Waals surface area contributed by atoms with Gasteiger partial charge in [0.25, 0.3) is 0 Å². The minimum atomic E-state index is -0.717. The molecule has 5 heteroatoms. The Labute approximate surface area is 128 Å². The lowest BCUT2D eigenvalue weighted by atomic mass is 10.2. The number of nitrogens with one attached hydrogen (secondary N) is 1. The van der Waals surface area contributed by atoms with Gasteiger partial charge in [-0.2, -0.15) is 0 Å². The van der Waals surface area contributed by atoms with Crippen LogP contribution in [0.1, 0.15) is 5.56 Å². The van der Waals surface area contributed by atoms with E-state index in [-0.39, 0.29) is 0 Å². The molecule has 4 N–H and O–H groups in total. The first-order valence-corrected chi connectivity index (χ1v) is 6.87. The van der Waals surface area contributed by atoms with E-state index in [1.54, 1.807) is 12.1 Å². The molecule has 0 unspecified atom stereocenters. The molecular formula is C17H18N2O3. The molecule has 0 aliphatic heterocycles. The second-order valence-corrected chi connectivity index (χ2v) is 4.65. The number of H-pyrrole nitrogens is 1. The van der Waals surface area contributed by atoms with E-state index in [1.807, 2.05) is 48.7 Å². The van der Waals surface area contributed by atoms with E-state index in [2.05, 4.69) is 9.72 Å². The van der Waals surface area contributed by atoms with Crippen molar-refractivity contribution in [3.8, 4) is 5.75 Å². The summed E-state index contributed by atoms with van der Waals surface area (Å²) in [6, 6.07) is 17.0. The summed E-state index contributed by atoms with van der Waals surface area (Å²) in [4.78, 5) is 13.2. The molecule has 114 valence electrons. The highest BCUT2D eigenvalue weighted by Gasteiger charge is 1.94. The Morgan fingerprint density at radius 3 is 2.64 bits per heavy atom. The number of benzene rings is 2. The number of carbonyl (C=O) groups excluding carboxylic acids is 1. The van der Waals surface area contributed by atoms with Crippen LogP contribution in [-0.2, 0) is 11.2 Å². The summed E-state index contributed by atoms with van der Waals surface area (Å²) in [7, 11) is 0. The van der Waals surface area contributed by atoms with Gasteiger partial charge in [-0.15, -0.1) is 0 Å². The van der Waals surface area contributed by atoms with Gasteiger partial charge < -0.3 is 20.6 Å². The molecule has 0 aliphatic carbocycles. The SMILES string of the molecule is NC(=O)OCCc1ccccc1.Oc1ccc2[nH]ccc2c1. The summed E-state index contributed by atoms with van der Waals surface area (Å²) >= 11 is 0.